The Balaban J connectivity index is 1.51. The van der Waals surface area contributed by atoms with Crippen molar-refractivity contribution in [2.75, 3.05) is 19.0 Å². The van der Waals surface area contributed by atoms with Gasteiger partial charge in [0.25, 0.3) is 5.89 Å². The number of hydrogen-bond donors (Lipinski definition) is 0. The molecular weight excluding hydrogens is 386 g/mol. The molecule has 0 atom stereocenters. The maximum Gasteiger partial charge on any atom is 0.280 e. The number of thiophene rings is 1. The van der Waals surface area contributed by atoms with E-state index in [9.17, 15) is 0 Å². The summed E-state index contributed by atoms with van der Waals surface area (Å²) in [6.45, 7) is 0.660. The van der Waals surface area contributed by atoms with Crippen LogP contribution in [-0.2, 0) is 6.54 Å². The maximum atomic E-state index is 5.49. The zero-order chi connectivity index (χ0) is 19.8. The van der Waals surface area contributed by atoms with E-state index in [1.54, 1.807) is 16.0 Å². The Morgan fingerprint density at radius 1 is 1.10 bits per heavy atom. The van der Waals surface area contributed by atoms with Crippen LogP contribution in [0.4, 0.5) is 5.82 Å². The summed E-state index contributed by atoms with van der Waals surface area (Å²) in [4.78, 5) is 12.4. The summed E-state index contributed by atoms with van der Waals surface area (Å²) in [6.07, 6.45) is 1.81. The first-order chi connectivity index (χ1) is 14.2. The smallest absolute Gasteiger partial charge is 0.280 e. The fourth-order valence-electron chi connectivity index (χ4n) is 3.05. The maximum absolute atomic E-state index is 5.49. The molecule has 0 spiro atoms. The highest BCUT2D eigenvalue weighted by atomic mass is 32.1. The molecule has 0 aliphatic heterocycles. The first-order valence-corrected chi connectivity index (χ1v) is 9.89. The number of nitrogens with zero attached hydrogens (tertiary/aromatic N) is 7. The standard InChI is InChI=1S/C20H17N7OS/c1-26(2)18-10-15(14-7-3-4-8-16(14)21-18)19-22-20(28-24-19)17-12-27(25-23-17)11-13-6-5-9-29-13/h3-10,12H,11H2,1-2H3. The van der Waals surface area contributed by atoms with E-state index in [1.165, 1.54) is 4.88 Å². The quantitative estimate of drug-likeness (QED) is 0.442. The highest BCUT2D eigenvalue weighted by molar-refractivity contribution is 7.09. The van der Waals surface area contributed by atoms with Crippen LogP contribution in [0, 0.1) is 0 Å². The number of hydrogen-bond acceptors (Lipinski definition) is 8. The van der Waals surface area contributed by atoms with E-state index in [0.717, 1.165) is 22.3 Å². The third kappa shape index (κ3) is 3.36. The molecule has 0 aliphatic carbocycles. The zero-order valence-electron chi connectivity index (χ0n) is 15.9. The molecule has 9 heteroatoms. The minimum Gasteiger partial charge on any atom is -0.363 e. The van der Waals surface area contributed by atoms with E-state index < -0.39 is 0 Å². The van der Waals surface area contributed by atoms with Crippen molar-refractivity contribution in [2.45, 2.75) is 6.54 Å². The lowest BCUT2D eigenvalue weighted by atomic mass is 10.1. The molecule has 0 bridgehead atoms. The molecule has 5 rings (SSSR count). The van der Waals surface area contributed by atoms with Gasteiger partial charge < -0.3 is 9.42 Å². The number of rotatable bonds is 5. The molecule has 4 heterocycles. The lowest BCUT2D eigenvalue weighted by Crippen LogP contribution is -2.10. The van der Waals surface area contributed by atoms with Crippen LogP contribution in [0.25, 0.3) is 33.9 Å². The van der Waals surface area contributed by atoms with Crippen molar-refractivity contribution >= 4 is 28.1 Å². The predicted octanol–water partition coefficient (Wildman–Crippen LogP) is 3.72. The molecule has 4 aromatic heterocycles. The molecule has 0 N–H and O–H groups in total. The normalized spacial score (nSPS) is 11.2. The van der Waals surface area contributed by atoms with Crippen molar-refractivity contribution in [1.29, 1.82) is 0 Å². The molecule has 8 nitrogen and oxygen atoms in total. The van der Waals surface area contributed by atoms with E-state index in [-0.39, 0.29) is 0 Å². The van der Waals surface area contributed by atoms with E-state index >= 15 is 0 Å². The molecule has 0 saturated heterocycles. The van der Waals surface area contributed by atoms with E-state index in [2.05, 4.69) is 31.5 Å². The third-order valence-corrected chi connectivity index (χ3v) is 5.34. The molecule has 0 unspecified atom stereocenters. The topological polar surface area (TPSA) is 85.8 Å². The van der Waals surface area contributed by atoms with Crippen molar-refractivity contribution in [2.24, 2.45) is 0 Å². The van der Waals surface area contributed by atoms with Crippen LogP contribution in [0.2, 0.25) is 0 Å². The molecule has 5 aromatic rings. The minimum atomic E-state index is 0.338. The summed E-state index contributed by atoms with van der Waals surface area (Å²) < 4.78 is 7.26. The monoisotopic (exact) mass is 403 g/mol. The SMILES string of the molecule is CN(C)c1cc(-c2noc(-c3cn(Cc4cccs4)nn3)n2)c2ccccc2n1. The van der Waals surface area contributed by atoms with E-state index in [1.807, 2.05) is 67.0 Å². The second-order valence-corrected chi connectivity index (χ2v) is 7.78. The van der Waals surface area contributed by atoms with Gasteiger partial charge in [-0.15, -0.1) is 16.4 Å². The van der Waals surface area contributed by atoms with Gasteiger partial charge in [0.1, 0.15) is 5.82 Å². The molecule has 144 valence electrons. The van der Waals surface area contributed by atoms with Crippen LogP contribution in [0.5, 0.6) is 0 Å². The lowest BCUT2D eigenvalue weighted by molar-refractivity contribution is 0.431. The van der Waals surface area contributed by atoms with Crippen molar-refractivity contribution in [3.63, 3.8) is 0 Å². The van der Waals surface area contributed by atoms with Crippen LogP contribution < -0.4 is 4.90 Å². The minimum absolute atomic E-state index is 0.338. The Bertz CT molecular complexity index is 1270. The Morgan fingerprint density at radius 3 is 2.83 bits per heavy atom. The molecule has 0 saturated carbocycles. The number of benzene rings is 1. The Morgan fingerprint density at radius 2 is 2.00 bits per heavy atom. The summed E-state index contributed by atoms with van der Waals surface area (Å²) in [6, 6.07) is 14.0. The molecule has 0 aliphatic rings. The number of para-hydroxylation sites is 1. The molecule has 0 amide bonds. The van der Waals surface area contributed by atoms with Gasteiger partial charge in [-0.2, -0.15) is 4.98 Å². The summed E-state index contributed by atoms with van der Waals surface area (Å²) in [5.41, 5.74) is 2.29. The average Bonchev–Trinajstić information content (AvgIpc) is 3.49. The summed E-state index contributed by atoms with van der Waals surface area (Å²) in [5.74, 6) is 1.66. The number of aromatic nitrogens is 6. The van der Waals surface area contributed by atoms with Gasteiger partial charge in [-0.25, -0.2) is 9.67 Å². The van der Waals surface area contributed by atoms with Crippen LogP contribution in [0.15, 0.2) is 58.6 Å². The summed E-state index contributed by atoms with van der Waals surface area (Å²) >= 11 is 1.68. The second kappa shape index (κ2) is 7.10. The van der Waals surface area contributed by atoms with Gasteiger partial charge in [-0.05, 0) is 23.6 Å². The van der Waals surface area contributed by atoms with Gasteiger partial charge in [-0.3, -0.25) is 0 Å². The van der Waals surface area contributed by atoms with E-state index in [4.69, 9.17) is 4.52 Å². The lowest BCUT2D eigenvalue weighted by Gasteiger charge is -2.13. The summed E-state index contributed by atoms with van der Waals surface area (Å²) in [7, 11) is 3.91. The van der Waals surface area contributed by atoms with Crippen LogP contribution >= 0.6 is 11.3 Å². The van der Waals surface area contributed by atoms with Crippen LogP contribution in [0.1, 0.15) is 4.88 Å². The zero-order valence-corrected chi connectivity index (χ0v) is 16.7. The molecule has 29 heavy (non-hydrogen) atoms. The first kappa shape index (κ1) is 17.5. The van der Waals surface area contributed by atoms with Crippen molar-refractivity contribution in [3.05, 3.63) is 58.9 Å². The molecular formula is C20H17N7OS. The molecule has 0 radical (unpaired) electrons. The van der Waals surface area contributed by atoms with Crippen molar-refractivity contribution in [3.8, 4) is 23.0 Å². The average molecular weight is 403 g/mol. The van der Waals surface area contributed by atoms with Crippen LogP contribution in [-0.4, -0.2) is 44.2 Å². The molecule has 0 fully saturated rings. The Hall–Kier alpha value is -3.59. The molecule has 1 aromatic carbocycles. The van der Waals surface area contributed by atoms with Gasteiger partial charge in [0.05, 0.1) is 18.3 Å². The van der Waals surface area contributed by atoms with Gasteiger partial charge >= 0.3 is 0 Å². The van der Waals surface area contributed by atoms with Gasteiger partial charge in [-0.1, -0.05) is 34.6 Å². The third-order valence-electron chi connectivity index (χ3n) is 4.48. The van der Waals surface area contributed by atoms with Crippen molar-refractivity contribution < 1.29 is 4.52 Å². The van der Waals surface area contributed by atoms with Gasteiger partial charge in [0.2, 0.25) is 5.82 Å². The van der Waals surface area contributed by atoms with Gasteiger partial charge in [0.15, 0.2) is 5.69 Å². The van der Waals surface area contributed by atoms with Crippen LogP contribution in [0.3, 0.4) is 0 Å². The van der Waals surface area contributed by atoms with Crippen molar-refractivity contribution in [1.82, 2.24) is 30.1 Å². The number of pyridine rings is 1. The Kier molecular flexibility index (Phi) is 4.28. The fourth-order valence-corrected chi connectivity index (χ4v) is 3.74. The highest BCUT2D eigenvalue weighted by Gasteiger charge is 2.17. The largest absolute Gasteiger partial charge is 0.363 e. The van der Waals surface area contributed by atoms with Gasteiger partial charge in [0, 0.05) is 29.9 Å². The Labute approximate surface area is 170 Å². The van der Waals surface area contributed by atoms with E-state index in [0.29, 0.717) is 24.0 Å². The predicted molar refractivity (Wildman–Crippen MR) is 112 cm³/mol. The fraction of sp³-hybridized carbons (Fsp3) is 0.150. The first-order valence-electron chi connectivity index (χ1n) is 9.01. The second-order valence-electron chi connectivity index (χ2n) is 6.74. The number of fused-ring (bicyclic) bond motifs is 1. The summed E-state index contributed by atoms with van der Waals surface area (Å²) in [5, 5.41) is 15.5. The highest BCUT2D eigenvalue weighted by Crippen LogP contribution is 2.30. The number of anilines is 1.